The fourth-order valence-electron chi connectivity index (χ4n) is 2.31. The maximum absolute atomic E-state index is 11.6. The quantitative estimate of drug-likeness (QED) is 0.834. The van der Waals surface area contributed by atoms with Gasteiger partial charge in [0.05, 0.1) is 6.54 Å². The molecule has 6 nitrogen and oxygen atoms in total. The molecule has 3 N–H and O–H groups in total. The minimum absolute atomic E-state index is 0.156. The molecule has 3 rings (SSSR count). The molecule has 0 saturated carbocycles. The average molecular weight is 257 g/mol. The van der Waals surface area contributed by atoms with Crippen molar-refractivity contribution in [3.8, 4) is 11.4 Å². The number of aromatic amines is 1. The van der Waals surface area contributed by atoms with Crippen LogP contribution in [0.3, 0.4) is 0 Å². The third kappa shape index (κ3) is 2.00. The van der Waals surface area contributed by atoms with Gasteiger partial charge in [0.2, 0.25) is 5.91 Å². The summed E-state index contributed by atoms with van der Waals surface area (Å²) in [7, 11) is 1.80. The molecule has 2 heterocycles. The Morgan fingerprint density at radius 3 is 3.00 bits per heavy atom. The van der Waals surface area contributed by atoms with Crippen molar-refractivity contribution >= 4 is 11.6 Å². The van der Waals surface area contributed by atoms with Gasteiger partial charge in [-0.15, -0.1) is 0 Å². The Kier molecular flexibility index (Phi) is 2.79. The van der Waals surface area contributed by atoms with Crippen LogP contribution >= 0.6 is 0 Å². The standard InChI is InChI=1S/C13H15N5O/c1-18-10-4-2-9(6-8(10)3-5-12(18)19)13-15-11(7-14)16-17-13/h2,4,6H,3,5,7,14H2,1H3,(H,15,16,17). The highest BCUT2D eigenvalue weighted by molar-refractivity contribution is 5.96. The maximum Gasteiger partial charge on any atom is 0.227 e. The molecular weight excluding hydrogens is 242 g/mol. The van der Waals surface area contributed by atoms with E-state index in [1.165, 1.54) is 0 Å². The number of hydrogen-bond donors (Lipinski definition) is 2. The summed E-state index contributed by atoms with van der Waals surface area (Å²) in [5, 5.41) is 6.94. The molecule has 0 saturated heterocycles. The maximum atomic E-state index is 11.6. The summed E-state index contributed by atoms with van der Waals surface area (Å²) < 4.78 is 0. The number of rotatable bonds is 2. The van der Waals surface area contributed by atoms with Crippen molar-refractivity contribution in [3.05, 3.63) is 29.6 Å². The number of H-pyrrole nitrogens is 1. The van der Waals surface area contributed by atoms with Gasteiger partial charge in [0.1, 0.15) is 5.82 Å². The van der Waals surface area contributed by atoms with Crippen LogP contribution in [0.15, 0.2) is 18.2 Å². The number of nitrogens with two attached hydrogens (primary N) is 1. The molecule has 1 aromatic heterocycles. The number of nitrogens with one attached hydrogen (secondary N) is 1. The normalized spacial score (nSPS) is 14.6. The Labute approximate surface area is 110 Å². The predicted molar refractivity (Wildman–Crippen MR) is 71.4 cm³/mol. The highest BCUT2D eigenvalue weighted by Crippen LogP contribution is 2.30. The van der Waals surface area contributed by atoms with Crippen LogP contribution in [0, 0.1) is 0 Å². The van der Waals surface area contributed by atoms with Crippen LogP contribution < -0.4 is 10.6 Å². The average Bonchev–Trinajstić information content (AvgIpc) is 2.91. The van der Waals surface area contributed by atoms with Crippen LogP contribution in [0.1, 0.15) is 17.8 Å². The van der Waals surface area contributed by atoms with E-state index in [0.29, 0.717) is 24.6 Å². The Hall–Kier alpha value is -2.21. The summed E-state index contributed by atoms with van der Waals surface area (Å²) in [5.41, 5.74) is 8.57. The first-order chi connectivity index (χ1) is 9.19. The van der Waals surface area contributed by atoms with Crippen molar-refractivity contribution in [2.75, 3.05) is 11.9 Å². The second kappa shape index (κ2) is 4.47. The van der Waals surface area contributed by atoms with Gasteiger partial charge in [-0.3, -0.25) is 9.89 Å². The third-order valence-electron chi connectivity index (χ3n) is 3.41. The molecule has 0 spiro atoms. The van der Waals surface area contributed by atoms with E-state index < -0.39 is 0 Å². The van der Waals surface area contributed by atoms with E-state index in [0.717, 1.165) is 23.2 Å². The van der Waals surface area contributed by atoms with E-state index in [1.54, 1.807) is 11.9 Å². The van der Waals surface area contributed by atoms with Gasteiger partial charge in [0.15, 0.2) is 5.82 Å². The number of hydrogen-bond acceptors (Lipinski definition) is 4. The SMILES string of the molecule is CN1C(=O)CCc2cc(-c3n[nH]c(CN)n3)ccc21. The molecule has 98 valence electrons. The molecule has 2 aromatic rings. The molecule has 19 heavy (non-hydrogen) atoms. The van der Waals surface area contributed by atoms with Gasteiger partial charge in [-0.1, -0.05) is 0 Å². The molecule has 0 fully saturated rings. The third-order valence-corrected chi connectivity index (χ3v) is 3.41. The number of fused-ring (bicyclic) bond motifs is 1. The highest BCUT2D eigenvalue weighted by Gasteiger charge is 2.21. The van der Waals surface area contributed by atoms with E-state index in [9.17, 15) is 4.79 Å². The fraction of sp³-hybridized carbons (Fsp3) is 0.308. The van der Waals surface area contributed by atoms with Crippen molar-refractivity contribution in [1.82, 2.24) is 15.2 Å². The second-order valence-electron chi connectivity index (χ2n) is 4.61. The fourth-order valence-corrected chi connectivity index (χ4v) is 2.31. The van der Waals surface area contributed by atoms with E-state index in [4.69, 9.17) is 5.73 Å². The summed E-state index contributed by atoms with van der Waals surface area (Å²) in [6, 6.07) is 5.92. The van der Waals surface area contributed by atoms with E-state index in [2.05, 4.69) is 15.2 Å². The first kappa shape index (κ1) is 11.9. The number of carbonyl (C=O) groups excluding carboxylic acids is 1. The first-order valence-corrected chi connectivity index (χ1v) is 6.20. The predicted octanol–water partition coefficient (Wildman–Crippen LogP) is 0.839. The Bertz CT molecular complexity index is 634. The minimum Gasteiger partial charge on any atom is -0.324 e. The summed E-state index contributed by atoms with van der Waals surface area (Å²) in [5.74, 6) is 1.46. The number of aryl methyl sites for hydroxylation is 1. The molecule has 1 amide bonds. The molecular formula is C13H15N5O. The largest absolute Gasteiger partial charge is 0.324 e. The first-order valence-electron chi connectivity index (χ1n) is 6.20. The topological polar surface area (TPSA) is 87.9 Å². The van der Waals surface area contributed by atoms with Crippen molar-refractivity contribution in [2.24, 2.45) is 5.73 Å². The van der Waals surface area contributed by atoms with Crippen molar-refractivity contribution in [1.29, 1.82) is 0 Å². The van der Waals surface area contributed by atoms with E-state index >= 15 is 0 Å². The van der Waals surface area contributed by atoms with Gasteiger partial charge in [-0.2, -0.15) is 5.10 Å². The van der Waals surface area contributed by atoms with Gasteiger partial charge in [-0.05, 0) is 30.2 Å². The zero-order valence-corrected chi connectivity index (χ0v) is 10.7. The van der Waals surface area contributed by atoms with E-state index in [1.807, 2.05) is 18.2 Å². The van der Waals surface area contributed by atoms with Crippen molar-refractivity contribution in [2.45, 2.75) is 19.4 Å². The van der Waals surface area contributed by atoms with Gasteiger partial charge in [0.25, 0.3) is 0 Å². The van der Waals surface area contributed by atoms with Gasteiger partial charge < -0.3 is 10.6 Å². The summed E-state index contributed by atoms with van der Waals surface area (Å²) in [6.07, 6.45) is 1.31. The number of nitrogens with zero attached hydrogens (tertiary/aromatic N) is 3. The smallest absolute Gasteiger partial charge is 0.227 e. The Balaban J connectivity index is 1.99. The number of anilines is 1. The van der Waals surface area contributed by atoms with Crippen LogP contribution in [-0.4, -0.2) is 28.1 Å². The van der Waals surface area contributed by atoms with Crippen LogP contribution in [-0.2, 0) is 17.8 Å². The molecule has 0 bridgehead atoms. The molecule has 1 aliphatic rings. The lowest BCUT2D eigenvalue weighted by Crippen LogP contribution is -2.30. The van der Waals surface area contributed by atoms with Crippen molar-refractivity contribution < 1.29 is 4.79 Å². The Morgan fingerprint density at radius 1 is 1.42 bits per heavy atom. The number of aromatic nitrogens is 3. The van der Waals surface area contributed by atoms with E-state index in [-0.39, 0.29) is 5.91 Å². The van der Waals surface area contributed by atoms with Crippen molar-refractivity contribution in [3.63, 3.8) is 0 Å². The van der Waals surface area contributed by atoms with Crippen LogP contribution in [0.5, 0.6) is 0 Å². The zero-order chi connectivity index (χ0) is 13.4. The molecule has 0 radical (unpaired) electrons. The summed E-state index contributed by atoms with van der Waals surface area (Å²) in [4.78, 5) is 17.6. The minimum atomic E-state index is 0.156. The van der Waals surface area contributed by atoms with Gasteiger partial charge in [-0.25, -0.2) is 4.98 Å². The molecule has 0 aliphatic carbocycles. The Morgan fingerprint density at radius 2 is 2.26 bits per heavy atom. The lowest BCUT2D eigenvalue weighted by atomic mass is 9.99. The lowest BCUT2D eigenvalue weighted by Gasteiger charge is -2.25. The van der Waals surface area contributed by atoms with Crippen LogP contribution in [0.25, 0.3) is 11.4 Å². The summed E-state index contributed by atoms with van der Waals surface area (Å²) in [6.45, 7) is 0.342. The van der Waals surface area contributed by atoms with Crippen LogP contribution in [0.2, 0.25) is 0 Å². The number of benzene rings is 1. The van der Waals surface area contributed by atoms with Gasteiger partial charge >= 0.3 is 0 Å². The monoisotopic (exact) mass is 257 g/mol. The summed E-state index contributed by atoms with van der Waals surface area (Å²) >= 11 is 0. The molecule has 1 aromatic carbocycles. The number of carbonyl (C=O) groups is 1. The lowest BCUT2D eigenvalue weighted by molar-refractivity contribution is -0.118. The molecule has 6 heteroatoms. The number of amides is 1. The molecule has 0 unspecified atom stereocenters. The molecule has 0 atom stereocenters. The van der Waals surface area contributed by atoms with Crippen LogP contribution in [0.4, 0.5) is 5.69 Å². The zero-order valence-electron chi connectivity index (χ0n) is 10.7. The molecule has 1 aliphatic heterocycles. The highest BCUT2D eigenvalue weighted by atomic mass is 16.2. The second-order valence-corrected chi connectivity index (χ2v) is 4.61. The van der Waals surface area contributed by atoms with Gasteiger partial charge in [0, 0.05) is 24.7 Å².